The van der Waals surface area contributed by atoms with Gasteiger partial charge in [0.1, 0.15) is 17.2 Å². The highest BCUT2D eigenvalue weighted by Gasteiger charge is 2.10. The van der Waals surface area contributed by atoms with E-state index in [2.05, 4.69) is 30.6 Å². The molecule has 8 heteroatoms. The van der Waals surface area contributed by atoms with Crippen molar-refractivity contribution in [2.75, 3.05) is 17.7 Å². The lowest BCUT2D eigenvalue weighted by molar-refractivity contribution is 0.587. The van der Waals surface area contributed by atoms with Gasteiger partial charge in [-0.05, 0) is 18.2 Å². The fraction of sp³-hybridized carbons (Fsp3) is 0.154. The lowest BCUT2D eigenvalue weighted by Gasteiger charge is -2.09. The van der Waals surface area contributed by atoms with E-state index in [4.69, 9.17) is 0 Å². The van der Waals surface area contributed by atoms with Crippen LogP contribution in [-0.4, -0.2) is 27.0 Å². The Labute approximate surface area is 118 Å². The number of H-pyrrole nitrogens is 1. The molecule has 108 valence electrons. The Kier molecular flexibility index (Phi) is 3.35. The Morgan fingerprint density at radius 3 is 2.90 bits per heavy atom. The van der Waals surface area contributed by atoms with Crippen LogP contribution in [-0.2, 0) is 6.54 Å². The summed E-state index contributed by atoms with van der Waals surface area (Å²) in [7, 11) is 1.68. The molecule has 0 fully saturated rings. The second-order valence-corrected chi connectivity index (χ2v) is 4.34. The fourth-order valence-corrected chi connectivity index (χ4v) is 1.93. The molecule has 1 aromatic carbocycles. The molecule has 3 N–H and O–H groups in total. The molecule has 0 amide bonds. The van der Waals surface area contributed by atoms with E-state index in [-0.39, 0.29) is 12.1 Å². The number of benzene rings is 1. The van der Waals surface area contributed by atoms with Crippen LogP contribution in [0.2, 0.25) is 0 Å². The number of hydrogen-bond donors (Lipinski definition) is 3. The average Bonchev–Trinajstić information content (AvgIpc) is 2.96. The predicted molar refractivity (Wildman–Crippen MR) is 74.9 cm³/mol. The molecule has 0 aliphatic rings. The van der Waals surface area contributed by atoms with Gasteiger partial charge in [-0.15, -0.1) is 0 Å². The zero-order valence-electron chi connectivity index (χ0n) is 11.1. The first-order valence-electron chi connectivity index (χ1n) is 6.24. The third kappa shape index (κ3) is 2.60. The predicted octanol–water partition coefficient (Wildman–Crippen LogP) is 2.28. The van der Waals surface area contributed by atoms with Gasteiger partial charge in [0, 0.05) is 19.2 Å². The molecule has 0 aliphatic carbocycles. The molecule has 0 atom stereocenters. The molecule has 6 nitrogen and oxygen atoms in total. The molecule has 0 radical (unpaired) electrons. The number of rotatable bonds is 4. The number of aromatic amines is 1. The van der Waals surface area contributed by atoms with Gasteiger partial charge in [-0.1, -0.05) is 0 Å². The Balaban J connectivity index is 1.91. The minimum Gasteiger partial charge on any atom is -0.364 e. The van der Waals surface area contributed by atoms with Gasteiger partial charge in [0.25, 0.3) is 0 Å². The van der Waals surface area contributed by atoms with Crippen LogP contribution >= 0.6 is 0 Å². The largest absolute Gasteiger partial charge is 0.364 e. The first-order valence-corrected chi connectivity index (χ1v) is 6.24. The molecule has 0 saturated carbocycles. The van der Waals surface area contributed by atoms with Crippen LogP contribution in [0.3, 0.4) is 0 Å². The van der Waals surface area contributed by atoms with Crippen molar-refractivity contribution in [1.82, 2.24) is 19.9 Å². The second-order valence-electron chi connectivity index (χ2n) is 4.34. The van der Waals surface area contributed by atoms with E-state index in [0.717, 1.165) is 18.2 Å². The van der Waals surface area contributed by atoms with Crippen molar-refractivity contribution in [3.05, 3.63) is 41.7 Å². The summed E-state index contributed by atoms with van der Waals surface area (Å²) in [5.41, 5.74) is 1.30. The van der Waals surface area contributed by atoms with Crippen molar-refractivity contribution in [2.45, 2.75) is 6.54 Å². The van der Waals surface area contributed by atoms with E-state index >= 15 is 0 Å². The van der Waals surface area contributed by atoms with Crippen molar-refractivity contribution >= 4 is 22.9 Å². The van der Waals surface area contributed by atoms with E-state index in [1.165, 1.54) is 6.33 Å². The molecule has 21 heavy (non-hydrogen) atoms. The SMILES string of the molecule is CNc1nc(NCc2cc(F)ccc2F)c2[nH]cnc2n1. The first-order chi connectivity index (χ1) is 10.2. The minimum absolute atomic E-state index is 0.0951. The molecular formula is C13H12F2N6. The Morgan fingerprint density at radius 2 is 2.10 bits per heavy atom. The van der Waals surface area contributed by atoms with Gasteiger partial charge in [0.2, 0.25) is 5.95 Å². The third-order valence-corrected chi connectivity index (χ3v) is 2.96. The summed E-state index contributed by atoms with van der Waals surface area (Å²) in [4.78, 5) is 15.4. The number of hydrogen-bond acceptors (Lipinski definition) is 5. The van der Waals surface area contributed by atoms with Crippen molar-refractivity contribution in [1.29, 1.82) is 0 Å². The summed E-state index contributed by atoms with van der Waals surface area (Å²) < 4.78 is 26.7. The molecule has 0 spiro atoms. The van der Waals surface area contributed by atoms with Gasteiger partial charge >= 0.3 is 0 Å². The van der Waals surface area contributed by atoms with E-state index in [1.54, 1.807) is 7.05 Å². The number of nitrogens with one attached hydrogen (secondary N) is 3. The zero-order valence-corrected chi connectivity index (χ0v) is 11.1. The van der Waals surface area contributed by atoms with Crippen LogP contribution in [0.1, 0.15) is 5.56 Å². The molecule has 0 saturated heterocycles. The van der Waals surface area contributed by atoms with E-state index in [9.17, 15) is 8.78 Å². The highest BCUT2D eigenvalue weighted by molar-refractivity contribution is 5.83. The van der Waals surface area contributed by atoms with Gasteiger partial charge in [-0.2, -0.15) is 9.97 Å². The molecule has 2 heterocycles. The highest BCUT2D eigenvalue weighted by Crippen LogP contribution is 2.20. The molecule has 0 aliphatic heterocycles. The molecule has 3 aromatic rings. The Hall–Kier alpha value is -2.77. The number of aromatic nitrogens is 4. The van der Waals surface area contributed by atoms with Gasteiger partial charge in [-0.3, -0.25) is 0 Å². The zero-order chi connectivity index (χ0) is 14.8. The first kappa shape index (κ1) is 13.2. The maximum atomic E-state index is 13.6. The smallest absolute Gasteiger partial charge is 0.226 e. The number of nitrogens with zero attached hydrogens (tertiary/aromatic N) is 3. The topological polar surface area (TPSA) is 78.5 Å². The fourth-order valence-electron chi connectivity index (χ4n) is 1.93. The summed E-state index contributed by atoms with van der Waals surface area (Å²) in [6, 6.07) is 3.32. The van der Waals surface area contributed by atoms with E-state index < -0.39 is 11.6 Å². The Morgan fingerprint density at radius 1 is 1.24 bits per heavy atom. The van der Waals surface area contributed by atoms with Crippen molar-refractivity contribution in [3.63, 3.8) is 0 Å². The van der Waals surface area contributed by atoms with Crippen LogP contribution < -0.4 is 10.6 Å². The highest BCUT2D eigenvalue weighted by atomic mass is 19.1. The number of anilines is 2. The minimum atomic E-state index is -0.488. The van der Waals surface area contributed by atoms with Crippen LogP contribution in [0.25, 0.3) is 11.2 Å². The molecule has 2 aromatic heterocycles. The molecule has 3 rings (SSSR count). The monoisotopic (exact) mass is 290 g/mol. The summed E-state index contributed by atoms with van der Waals surface area (Å²) in [5, 5.41) is 5.78. The lowest BCUT2D eigenvalue weighted by atomic mass is 10.2. The third-order valence-electron chi connectivity index (χ3n) is 2.96. The van der Waals surface area contributed by atoms with Gasteiger partial charge < -0.3 is 15.6 Å². The number of halogens is 2. The number of imidazole rings is 1. The van der Waals surface area contributed by atoms with Gasteiger partial charge in [-0.25, -0.2) is 13.8 Å². The van der Waals surface area contributed by atoms with Gasteiger partial charge in [0.05, 0.1) is 6.33 Å². The maximum Gasteiger partial charge on any atom is 0.226 e. The maximum absolute atomic E-state index is 13.6. The van der Waals surface area contributed by atoms with E-state index in [1.807, 2.05) is 0 Å². The number of fused-ring (bicyclic) bond motifs is 1. The second kappa shape index (κ2) is 5.31. The summed E-state index contributed by atoms with van der Waals surface area (Å²) >= 11 is 0. The lowest BCUT2D eigenvalue weighted by Crippen LogP contribution is -2.07. The van der Waals surface area contributed by atoms with Crippen molar-refractivity contribution in [2.24, 2.45) is 0 Å². The van der Waals surface area contributed by atoms with E-state index in [0.29, 0.717) is 22.9 Å². The normalized spacial score (nSPS) is 10.8. The molecule has 0 unspecified atom stereocenters. The Bertz CT molecular complexity index is 785. The van der Waals surface area contributed by atoms with Crippen LogP contribution in [0, 0.1) is 11.6 Å². The van der Waals surface area contributed by atoms with Crippen LogP contribution in [0.15, 0.2) is 24.5 Å². The summed E-state index contributed by atoms with van der Waals surface area (Å²) in [6.45, 7) is 0.0951. The standard InChI is InChI=1S/C13H12F2N6/c1-16-13-20-11(10-12(21-13)19-6-18-10)17-5-7-4-8(14)2-3-9(7)15/h2-4,6H,5H2,1H3,(H3,16,17,18,19,20,21). The summed E-state index contributed by atoms with van der Waals surface area (Å²) in [6.07, 6.45) is 1.49. The summed E-state index contributed by atoms with van der Waals surface area (Å²) in [5.74, 6) is -0.117. The van der Waals surface area contributed by atoms with Crippen LogP contribution in [0.5, 0.6) is 0 Å². The van der Waals surface area contributed by atoms with Gasteiger partial charge in [0.15, 0.2) is 11.5 Å². The average molecular weight is 290 g/mol. The van der Waals surface area contributed by atoms with Crippen LogP contribution in [0.4, 0.5) is 20.5 Å². The quantitative estimate of drug-likeness (QED) is 0.687. The molecular weight excluding hydrogens is 278 g/mol. The van der Waals surface area contributed by atoms with Crippen molar-refractivity contribution < 1.29 is 8.78 Å². The molecule has 0 bridgehead atoms. The van der Waals surface area contributed by atoms with Crippen molar-refractivity contribution in [3.8, 4) is 0 Å².